The van der Waals surface area contributed by atoms with E-state index >= 15 is 0 Å². The number of unbranched alkanes of at least 4 members (excludes halogenated alkanes) is 7. The summed E-state index contributed by atoms with van der Waals surface area (Å²) in [5.41, 5.74) is 0. The molecule has 0 rings (SSSR count). The highest BCUT2D eigenvalue weighted by Crippen LogP contribution is 2.19. The fraction of sp³-hybridized carbons (Fsp3) is 1.00. The SMILES string of the molecule is CCCCCCCCCCC(NCCC)C(CC)CC. The molecule has 20 heavy (non-hydrogen) atoms. The summed E-state index contributed by atoms with van der Waals surface area (Å²) in [6.45, 7) is 10.5. The molecule has 0 aromatic heterocycles. The van der Waals surface area contributed by atoms with E-state index in [-0.39, 0.29) is 0 Å². The van der Waals surface area contributed by atoms with Gasteiger partial charge in [-0.05, 0) is 25.3 Å². The smallest absolute Gasteiger partial charge is 0.00951 e. The molecule has 0 heterocycles. The number of rotatable bonds is 15. The van der Waals surface area contributed by atoms with Crippen LogP contribution in [-0.4, -0.2) is 12.6 Å². The van der Waals surface area contributed by atoms with Gasteiger partial charge in [-0.1, -0.05) is 91.9 Å². The molecule has 0 spiro atoms. The Hall–Kier alpha value is -0.0400. The van der Waals surface area contributed by atoms with Gasteiger partial charge in [0.25, 0.3) is 0 Å². The van der Waals surface area contributed by atoms with Crippen molar-refractivity contribution in [3.63, 3.8) is 0 Å². The summed E-state index contributed by atoms with van der Waals surface area (Å²) in [6, 6.07) is 0.769. The van der Waals surface area contributed by atoms with Crippen LogP contribution < -0.4 is 5.32 Å². The zero-order valence-electron chi connectivity index (χ0n) is 14.8. The van der Waals surface area contributed by atoms with E-state index in [9.17, 15) is 0 Å². The minimum Gasteiger partial charge on any atom is -0.314 e. The third-order valence-corrected chi connectivity index (χ3v) is 4.64. The first kappa shape index (κ1) is 20.0. The predicted octanol–water partition coefficient (Wildman–Crippen LogP) is 6.32. The second-order valence-corrected chi connectivity index (χ2v) is 6.40. The van der Waals surface area contributed by atoms with Crippen LogP contribution in [0.2, 0.25) is 0 Å². The third kappa shape index (κ3) is 10.7. The first-order chi connectivity index (χ1) is 9.79. The van der Waals surface area contributed by atoms with Crippen LogP contribution in [0.4, 0.5) is 0 Å². The maximum absolute atomic E-state index is 3.79. The Morgan fingerprint density at radius 2 is 1.20 bits per heavy atom. The van der Waals surface area contributed by atoms with E-state index in [2.05, 4.69) is 33.0 Å². The molecule has 1 atom stereocenters. The monoisotopic (exact) mass is 283 g/mol. The molecule has 1 nitrogen and oxygen atoms in total. The molecule has 0 amide bonds. The minimum absolute atomic E-state index is 0.769. The minimum atomic E-state index is 0.769. The van der Waals surface area contributed by atoms with E-state index in [0.29, 0.717) is 0 Å². The van der Waals surface area contributed by atoms with Crippen molar-refractivity contribution in [2.45, 2.75) is 111 Å². The lowest BCUT2D eigenvalue weighted by Gasteiger charge is -2.26. The van der Waals surface area contributed by atoms with Gasteiger partial charge >= 0.3 is 0 Å². The Bertz CT molecular complexity index is 175. The van der Waals surface area contributed by atoms with E-state index in [4.69, 9.17) is 0 Å². The van der Waals surface area contributed by atoms with E-state index in [1.54, 1.807) is 0 Å². The average molecular weight is 284 g/mol. The lowest BCUT2D eigenvalue weighted by Crippen LogP contribution is -2.36. The first-order valence-corrected chi connectivity index (χ1v) is 9.53. The quantitative estimate of drug-likeness (QED) is 0.347. The maximum atomic E-state index is 3.79. The van der Waals surface area contributed by atoms with Gasteiger partial charge in [0.1, 0.15) is 0 Å². The molecular weight excluding hydrogens is 242 g/mol. The molecule has 0 aliphatic rings. The van der Waals surface area contributed by atoms with E-state index in [0.717, 1.165) is 12.0 Å². The molecule has 1 N–H and O–H groups in total. The van der Waals surface area contributed by atoms with Gasteiger partial charge < -0.3 is 5.32 Å². The summed E-state index contributed by atoms with van der Waals surface area (Å²) < 4.78 is 0. The molecule has 122 valence electrons. The largest absolute Gasteiger partial charge is 0.314 e. The second kappa shape index (κ2) is 15.4. The molecule has 0 bridgehead atoms. The molecule has 1 heteroatoms. The van der Waals surface area contributed by atoms with Crippen LogP contribution in [-0.2, 0) is 0 Å². The first-order valence-electron chi connectivity index (χ1n) is 9.53. The van der Waals surface area contributed by atoms with Crippen LogP contribution in [0.15, 0.2) is 0 Å². The van der Waals surface area contributed by atoms with Gasteiger partial charge in [0, 0.05) is 6.04 Å². The van der Waals surface area contributed by atoms with Gasteiger partial charge in [-0.3, -0.25) is 0 Å². The lowest BCUT2D eigenvalue weighted by molar-refractivity contribution is 0.309. The second-order valence-electron chi connectivity index (χ2n) is 6.40. The molecule has 0 aromatic rings. The van der Waals surface area contributed by atoms with Crippen LogP contribution in [0.3, 0.4) is 0 Å². The van der Waals surface area contributed by atoms with Gasteiger partial charge in [-0.2, -0.15) is 0 Å². The topological polar surface area (TPSA) is 12.0 Å². The Kier molecular flexibility index (Phi) is 15.3. The molecule has 0 radical (unpaired) electrons. The molecule has 0 fully saturated rings. The number of hydrogen-bond donors (Lipinski definition) is 1. The van der Waals surface area contributed by atoms with Gasteiger partial charge in [-0.15, -0.1) is 0 Å². The van der Waals surface area contributed by atoms with E-state index in [1.807, 2.05) is 0 Å². The van der Waals surface area contributed by atoms with Crippen LogP contribution >= 0.6 is 0 Å². The van der Waals surface area contributed by atoms with Crippen molar-refractivity contribution < 1.29 is 0 Å². The Morgan fingerprint density at radius 1 is 0.650 bits per heavy atom. The zero-order valence-corrected chi connectivity index (χ0v) is 14.8. The van der Waals surface area contributed by atoms with Crippen LogP contribution in [0.1, 0.15) is 105 Å². The molecule has 0 saturated carbocycles. The van der Waals surface area contributed by atoms with Gasteiger partial charge in [-0.25, -0.2) is 0 Å². The Morgan fingerprint density at radius 3 is 1.70 bits per heavy atom. The Labute approximate surface area is 129 Å². The van der Waals surface area contributed by atoms with Gasteiger partial charge in [0.05, 0.1) is 0 Å². The van der Waals surface area contributed by atoms with Crippen molar-refractivity contribution in [3.8, 4) is 0 Å². The van der Waals surface area contributed by atoms with Crippen molar-refractivity contribution >= 4 is 0 Å². The van der Waals surface area contributed by atoms with E-state index in [1.165, 1.54) is 83.6 Å². The van der Waals surface area contributed by atoms with Gasteiger partial charge in [0.15, 0.2) is 0 Å². The molecular formula is C19H41N. The van der Waals surface area contributed by atoms with Crippen LogP contribution in [0.25, 0.3) is 0 Å². The summed E-state index contributed by atoms with van der Waals surface area (Å²) in [6.07, 6.45) is 16.8. The number of hydrogen-bond acceptors (Lipinski definition) is 1. The molecule has 0 aliphatic carbocycles. The van der Waals surface area contributed by atoms with Crippen LogP contribution in [0.5, 0.6) is 0 Å². The van der Waals surface area contributed by atoms with Crippen molar-refractivity contribution in [2.24, 2.45) is 5.92 Å². The lowest BCUT2D eigenvalue weighted by atomic mass is 9.90. The summed E-state index contributed by atoms with van der Waals surface area (Å²) in [4.78, 5) is 0. The molecule has 0 aromatic carbocycles. The highest BCUT2D eigenvalue weighted by molar-refractivity contribution is 4.74. The zero-order chi connectivity index (χ0) is 15.1. The third-order valence-electron chi connectivity index (χ3n) is 4.64. The molecule has 0 aliphatic heterocycles. The van der Waals surface area contributed by atoms with Crippen molar-refractivity contribution in [2.75, 3.05) is 6.54 Å². The predicted molar refractivity (Wildman–Crippen MR) is 93.4 cm³/mol. The van der Waals surface area contributed by atoms with Crippen LogP contribution in [0, 0.1) is 5.92 Å². The van der Waals surface area contributed by atoms with Crippen molar-refractivity contribution in [3.05, 3.63) is 0 Å². The maximum Gasteiger partial charge on any atom is 0.00951 e. The standard InChI is InChI=1S/C19H41N/c1-5-9-10-11-12-13-14-15-16-19(20-17-6-2)18(7-3)8-4/h18-20H,5-17H2,1-4H3. The number of nitrogens with one attached hydrogen (secondary N) is 1. The highest BCUT2D eigenvalue weighted by Gasteiger charge is 2.16. The van der Waals surface area contributed by atoms with E-state index < -0.39 is 0 Å². The normalized spacial score (nSPS) is 13.1. The summed E-state index contributed by atoms with van der Waals surface area (Å²) in [5.74, 6) is 0.881. The summed E-state index contributed by atoms with van der Waals surface area (Å²) in [5, 5.41) is 3.79. The fourth-order valence-electron chi connectivity index (χ4n) is 3.19. The summed E-state index contributed by atoms with van der Waals surface area (Å²) in [7, 11) is 0. The highest BCUT2D eigenvalue weighted by atomic mass is 14.9. The van der Waals surface area contributed by atoms with Crippen molar-refractivity contribution in [1.29, 1.82) is 0 Å². The van der Waals surface area contributed by atoms with Gasteiger partial charge in [0.2, 0.25) is 0 Å². The fourth-order valence-corrected chi connectivity index (χ4v) is 3.19. The van der Waals surface area contributed by atoms with Crippen molar-refractivity contribution in [1.82, 2.24) is 5.32 Å². The Balaban J connectivity index is 3.67. The molecule has 1 unspecified atom stereocenters. The summed E-state index contributed by atoms with van der Waals surface area (Å²) >= 11 is 0. The average Bonchev–Trinajstić information content (AvgIpc) is 2.47. The molecule has 0 saturated heterocycles.